The molecule has 0 radical (unpaired) electrons. The summed E-state index contributed by atoms with van der Waals surface area (Å²) in [6.07, 6.45) is 0. The molecule has 0 saturated carbocycles. The number of carbonyl (C=O) groups excluding carboxylic acids is 4. The molecule has 4 nitrogen and oxygen atoms in total. The van der Waals surface area contributed by atoms with E-state index in [1.165, 1.54) is 7.74 Å². The third-order valence-electron chi connectivity index (χ3n) is 1.48. The van der Waals surface area contributed by atoms with Crippen LogP contribution in [0.3, 0.4) is 0 Å². The van der Waals surface area contributed by atoms with E-state index in [4.69, 9.17) is 0 Å². The molecule has 12 heavy (non-hydrogen) atoms. The molecule has 0 fully saturated rings. The maximum atomic E-state index is 10.9. The smallest absolute Gasteiger partial charge is 0.282 e. The van der Waals surface area contributed by atoms with Gasteiger partial charge < -0.3 is 9.59 Å². The highest BCUT2D eigenvalue weighted by Crippen LogP contribution is 1.86. The first-order valence-corrected chi connectivity index (χ1v) is 3.47. The highest BCUT2D eigenvalue weighted by molar-refractivity contribution is 7.42. The Hall–Kier alpha value is -1.19. The average Bonchev–Trinajstić information content (AvgIpc) is 2.00. The van der Waals surface area contributed by atoms with Gasteiger partial charge in [0.05, 0.1) is 7.74 Å². The molecule has 62 valence electrons. The second-order valence-corrected chi connectivity index (χ2v) is 2.56. The summed E-state index contributed by atoms with van der Waals surface area (Å²) < 4.78 is 0. The molecule has 0 aliphatic heterocycles. The normalized spacial score (nSPS) is 8.83. The lowest BCUT2D eigenvalue weighted by molar-refractivity contribution is -0.133. The highest BCUT2D eigenvalue weighted by atomic mass is 16.2. The first-order valence-electron chi connectivity index (χ1n) is 3.47. The number of carbonyl (C=O) groups is 4. The summed E-state index contributed by atoms with van der Waals surface area (Å²) in [5.41, 5.74) is -1.62. The average molecular weight is 166 g/mol. The van der Waals surface area contributed by atoms with Gasteiger partial charge in [-0.1, -0.05) is 0 Å². The Labute approximate surface area is 71.2 Å². The largest absolute Gasteiger partial charge is 0.303 e. The van der Waals surface area contributed by atoms with Crippen LogP contribution in [0.1, 0.15) is 13.8 Å². The van der Waals surface area contributed by atoms with Crippen LogP contribution in [0.25, 0.3) is 0 Å². The van der Waals surface area contributed by atoms with Crippen molar-refractivity contribution >= 4 is 37.3 Å². The summed E-state index contributed by atoms with van der Waals surface area (Å²) >= 11 is 0. The Morgan fingerprint density at radius 3 is 1.33 bits per heavy atom. The van der Waals surface area contributed by atoms with E-state index in [-0.39, 0.29) is 0 Å². The summed E-state index contributed by atoms with van der Waals surface area (Å²) in [5.74, 6) is -1.39. The molecule has 0 amide bonds. The number of ketones is 2. The van der Waals surface area contributed by atoms with Crippen LogP contribution < -0.4 is 0 Å². The van der Waals surface area contributed by atoms with Crippen LogP contribution >= 0.6 is 0 Å². The lowest BCUT2D eigenvalue weighted by Crippen LogP contribution is -2.43. The van der Waals surface area contributed by atoms with E-state index < -0.39 is 29.5 Å². The van der Waals surface area contributed by atoms with Gasteiger partial charge in [-0.2, -0.15) is 0 Å². The first-order chi connectivity index (χ1) is 5.37. The van der Waals surface area contributed by atoms with Crippen molar-refractivity contribution in [1.82, 2.24) is 0 Å². The fourth-order valence-corrected chi connectivity index (χ4v) is 0.729. The maximum Gasteiger partial charge on any atom is 0.282 e. The molecule has 0 rings (SSSR count). The number of Topliss-reactive ketones (excluding diaryl/α,β-unsaturated/α-hetero) is 2. The molecule has 0 aliphatic rings. The van der Waals surface area contributed by atoms with Crippen LogP contribution in [0.5, 0.6) is 0 Å². The maximum absolute atomic E-state index is 10.9. The number of hydrogen-bond acceptors (Lipinski definition) is 4. The van der Waals surface area contributed by atoms with Crippen molar-refractivity contribution in [3.63, 3.8) is 0 Å². The monoisotopic (exact) mass is 166 g/mol. The molecule has 0 N–H and O–H groups in total. The molecule has 0 aromatic rings. The zero-order chi connectivity index (χ0) is 9.89. The molecule has 0 heterocycles. The van der Waals surface area contributed by atoms with E-state index in [1.54, 1.807) is 0 Å². The Bertz CT molecular complexity index is 232. The van der Waals surface area contributed by atoms with Crippen LogP contribution in [0, 0.1) is 0 Å². The van der Waals surface area contributed by atoms with E-state index >= 15 is 0 Å². The Morgan fingerprint density at radius 1 is 0.917 bits per heavy atom. The van der Waals surface area contributed by atoms with Gasteiger partial charge in [-0.25, -0.2) is 0 Å². The summed E-state index contributed by atoms with van der Waals surface area (Å²) in [6.45, 7) is 1.03. The molecule has 0 unspecified atom stereocenters. The van der Waals surface area contributed by atoms with E-state index in [2.05, 4.69) is 0 Å². The van der Waals surface area contributed by atoms with Crippen molar-refractivity contribution < 1.29 is 19.2 Å². The quantitative estimate of drug-likeness (QED) is 0.357. The van der Waals surface area contributed by atoms with Gasteiger partial charge in [0.2, 0.25) is 0 Å². The van der Waals surface area contributed by atoms with Gasteiger partial charge in [0.1, 0.15) is 0 Å². The molecular weight excluding hydrogens is 158 g/mol. The minimum Gasteiger partial charge on any atom is -0.303 e. The minimum atomic E-state index is -1.13. The minimum absolute atomic E-state index is 0.697. The van der Waals surface area contributed by atoms with Crippen molar-refractivity contribution in [3.05, 3.63) is 0 Å². The zero-order valence-electron chi connectivity index (χ0n) is 7.21. The summed E-state index contributed by atoms with van der Waals surface area (Å²) in [7, 11) is 1.26. The second-order valence-electron chi connectivity index (χ2n) is 2.56. The summed E-state index contributed by atoms with van der Waals surface area (Å²) in [6, 6.07) is 0. The molecule has 6 heteroatoms. The van der Waals surface area contributed by atoms with Crippen LogP contribution in [-0.2, 0) is 19.2 Å². The van der Waals surface area contributed by atoms with E-state index in [9.17, 15) is 19.2 Å². The van der Waals surface area contributed by atoms with E-state index in [1.807, 2.05) is 0 Å². The van der Waals surface area contributed by atoms with Gasteiger partial charge in [0, 0.05) is 13.8 Å². The highest BCUT2D eigenvalue weighted by Gasteiger charge is 2.31. The van der Waals surface area contributed by atoms with Crippen LogP contribution in [0.2, 0.25) is 0 Å². The Morgan fingerprint density at radius 2 is 1.17 bits per heavy atom. The van der Waals surface area contributed by atoms with Gasteiger partial charge in [-0.3, -0.25) is 9.59 Å². The number of hydrogen-bond donors (Lipinski definition) is 0. The SMILES string of the molecule is BB(C(=O)C(C)=O)C(=O)C(C)=O. The Kier molecular flexibility index (Phi) is 3.60. The number of rotatable bonds is 4. The molecule has 0 saturated heterocycles. The summed E-state index contributed by atoms with van der Waals surface area (Å²) in [4.78, 5) is 42.7. The topological polar surface area (TPSA) is 68.3 Å². The first kappa shape index (κ1) is 10.8. The Balaban J connectivity index is 4.51. The predicted octanol–water partition coefficient (Wildman–Crippen LogP) is -1.99. The van der Waals surface area contributed by atoms with Crippen molar-refractivity contribution in [2.75, 3.05) is 0 Å². The van der Waals surface area contributed by atoms with Crippen molar-refractivity contribution in [2.45, 2.75) is 13.8 Å². The van der Waals surface area contributed by atoms with Gasteiger partial charge in [0.25, 0.3) is 6.60 Å². The van der Waals surface area contributed by atoms with Crippen molar-refractivity contribution in [2.24, 2.45) is 0 Å². The van der Waals surface area contributed by atoms with E-state index in [0.29, 0.717) is 0 Å². The third kappa shape index (κ3) is 2.45. The summed E-state index contributed by atoms with van der Waals surface area (Å²) in [5, 5.41) is 0. The van der Waals surface area contributed by atoms with E-state index in [0.717, 1.165) is 13.8 Å². The van der Waals surface area contributed by atoms with Gasteiger partial charge in [-0.15, -0.1) is 0 Å². The predicted molar refractivity (Wildman–Crippen MR) is 45.7 cm³/mol. The zero-order valence-corrected chi connectivity index (χ0v) is 7.21. The second kappa shape index (κ2) is 3.99. The third-order valence-corrected chi connectivity index (χ3v) is 1.48. The van der Waals surface area contributed by atoms with Crippen LogP contribution in [0.15, 0.2) is 0 Å². The molecule has 0 aromatic carbocycles. The standard InChI is InChI=1S/C6H8B2O4/c1-3(9)5(11)8(7)6(12)4(2)10/h7H2,1-2H3. The molecule has 0 bridgehead atoms. The lowest BCUT2D eigenvalue weighted by Gasteiger charge is -1.99. The molecule has 0 aliphatic carbocycles. The van der Waals surface area contributed by atoms with Crippen molar-refractivity contribution in [1.29, 1.82) is 0 Å². The van der Waals surface area contributed by atoms with Crippen LogP contribution in [0.4, 0.5) is 0 Å². The molecule has 0 atom stereocenters. The molecule has 0 aromatic heterocycles. The van der Waals surface area contributed by atoms with Gasteiger partial charge in [0.15, 0.2) is 22.9 Å². The van der Waals surface area contributed by atoms with Gasteiger partial charge in [-0.05, 0) is 0 Å². The molecule has 0 spiro atoms. The van der Waals surface area contributed by atoms with Gasteiger partial charge >= 0.3 is 0 Å². The lowest BCUT2D eigenvalue weighted by atomic mass is 9.27. The van der Waals surface area contributed by atoms with Crippen LogP contribution in [-0.4, -0.2) is 37.3 Å². The fourth-order valence-electron chi connectivity index (χ4n) is 0.729. The fraction of sp³-hybridized carbons (Fsp3) is 0.333. The van der Waals surface area contributed by atoms with Crippen molar-refractivity contribution in [3.8, 4) is 0 Å². The molecular formula is C6H8B2O4.